The van der Waals surface area contributed by atoms with Gasteiger partial charge in [0.05, 0.1) is 15.2 Å². The molecular weight excluding hydrogens is 166 g/mol. The van der Waals surface area contributed by atoms with Gasteiger partial charge in [-0.15, -0.1) is 11.3 Å². The molecule has 0 aliphatic rings. The second-order valence-corrected chi connectivity index (χ2v) is 3.69. The zero-order chi connectivity index (χ0) is 8.39. The standard InChI is InChI=1S/C10H10NS/c1-2-5-10-11-8-6-3-4-7-9(8)12-10/h3-7H,2H2,1H3. The van der Waals surface area contributed by atoms with Crippen LogP contribution in [-0.2, 0) is 0 Å². The summed E-state index contributed by atoms with van der Waals surface area (Å²) >= 11 is 1.76. The van der Waals surface area contributed by atoms with E-state index in [4.69, 9.17) is 0 Å². The van der Waals surface area contributed by atoms with Crippen molar-refractivity contribution < 1.29 is 0 Å². The van der Waals surface area contributed by atoms with Crippen LogP contribution in [0.25, 0.3) is 10.2 Å². The number of fused-ring (bicyclic) bond motifs is 1. The predicted octanol–water partition coefficient (Wildman–Crippen LogP) is 3.26. The topological polar surface area (TPSA) is 12.9 Å². The van der Waals surface area contributed by atoms with Gasteiger partial charge in [-0.05, 0) is 18.6 Å². The normalized spacial score (nSPS) is 10.8. The molecule has 2 heteroatoms. The summed E-state index contributed by atoms with van der Waals surface area (Å²) in [5.74, 6) is 0. The second kappa shape index (κ2) is 3.23. The molecule has 0 N–H and O–H groups in total. The monoisotopic (exact) mass is 176 g/mol. The molecule has 2 rings (SSSR count). The zero-order valence-electron chi connectivity index (χ0n) is 6.95. The Hall–Kier alpha value is -0.890. The lowest BCUT2D eigenvalue weighted by molar-refractivity contribution is 1.11. The van der Waals surface area contributed by atoms with Gasteiger partial charge in [0.1, 0.15) is 0 Å². The number of hydrogen-bond donors (Lipinski definition) is 0. The third-order valence-electron chi connectivity index (χ3n) is 1.69. The van der Waals surface area contributed by atoms with E-state index in [1.54, 1.807) is 11.3 Å². The van der Waals surface area contributed by atoms with Gasteiger partial charge in [0.15, 0.2) is 0 Å². The Labute approximate surface area is 76.1 Å². The second-order valence-electron chi connectivity index (χ2n) is 2.63. The molecule has 12 heavy (non-hydrogen) atoms. The van der Waals surface area contributed by atoms with Crippen LogP contribution < -0.4 is 0 Å². The van der Waals surface area contributed by atoms with Crippen molar-refractivity contribution in [2.75, 3.05) is 0 Å². The minimum absolute atomic E-state index is 1.06. The summed E-state index contributed by atoms with van der Waals surface area (Å²) in [7, 11) is 0. The molecule has 1 aromatic carbocycles. The largest absolute Gasteiger partial charge is 0.241 e. The SMILES string of the molecule is CC[CH]c1nc2ccccc2s1. The molecule has 0 aliphatic carbocycles. The lowest BCUT2D eigenvalue weighted by Crippen LogP contribution is -1.74. The van der Waals surface area contributed by atoms with E-state index in [0.717, 1.165) is 16.9 Å². The maximum Gasteiger partial charge on any atom is 0.0976 e. The third-order valence-corrected chi connectivity index (χ3v) is 2.72. The summed E-state index contributed by atoms with van der Waals surface area (Å²) in [4.78, 5) is 4.47. The van der Waals surface area contributed by atoms with E-state index in [-0.39, 0.29) is 0 Å². The number of rotatable bonds is 2. The Balaban J connectivity index is 2.47. The molecule has 0 saturated carbocycles. The maximum atomic E-state index is 4.47. The summed E-state index contributed by atoms with van der Waals surface area (Å²) in [5.41, 5.74) is 1.11. The van der Waals surface area contributed by atoms with E-state index in [9.17, 15) is 0 Å². The third kappa shape index (κ3) is 1.34. The minimum atomic E-state index is 1.06. The average molecular weight is 176 g/mol. The van der Waals surface area contributed by atoms with Crippen molar-refractivity contribution in [3.63, 3.8) is 0 Å². The van der Waals surface area contributed by atoms with Gasteiger partial charge < -0.3 is 0 Å². The lowest BCUT2D eigenvalue weighted by Gasteiger charge is -1.84. The van der Waals surface area contributed by atoms with Crippen LogP contribution in [0, 0.1) is 6.42 Å². The van der Waals surface area contributed by atoms with Gasteiger partial charge in [0.2, 0.25) is 0 Å². The van der Waals surface area contributed by atoms with E-state index in [0.29, 0.717) is 0 Å². The molecule has 1 aromatic heterocycles. The quantitative estimate of drug-likeness (QED) is 0.684. The fourth-order valence-corrected chi connectivity index (χ4v) is 2.14. The molecule has 1 heterocycles. The van der Waals surface area contributed by atoms with Gasteiger partial charge >= 0.3 is 0 Å². The van der Waals surface area contributed by atoms with Crippen LogP contribution in [0.2, 0.25) is 0 Å². The molecule has 0 amide bonds. The fourth-order valence-electron chi connectivity index (χ4n) is 1.15. The van der Waals surface area contributed by atoms with Crippen molar-refractivity contribution in [3.05, 3.63) is 35.7 Å². The molecule has 0 bridgehead atoms. The van der Waals surface area contributed by atoms with Crippen LogP contribution in [-0.4, -0.2) is 4.98 Å². The van der Waals surface area contributed by atoms with Crippen molar-refractivity contribution >= 4 is 21.6 Å². The molecule has 0 unspecified atom stereocenters. The number of benzene rings is 1. The average Bonchev–Trinajstić information content (AvgIpc) is 2.47. The Morgan fingerprint density at radius 3 is 3.00 bits per heavy atom. The highest BCUT2D eigenvalue weighted by atomic mass is 32.1. The molecule has 1 radical (unpaired) electrons. The van der Waals surface area contributed by atoms with Crippen molar-refractivity contribution in [1.82, 2.24) is 4.98 Å². The van der Waals surface area contributed by atoms with Crippen molar-refractivity contribution in [2.24, 2.45) is 0 Å². The predicted molar refractivity (Wildman–Crippen MR) is 53.3 cm³/mol. The smallest absolute Gasteiger partial charge is 0.0976 e. The highest BCUT2D eigenvalue weighted by Gasteiger charge is 2.00. The van der Waals surface area contributed by atoms with Gasteiger partial charge in [0.25, 0.3) is 0 Å². The Morgan fingerprint density at radius 2 is 2.25 bits per heavy atom. The van der Waals surface area contributed by atoms with Crippen LogP contribution in [0.3, 0.4) is 0 Å². The van der Waals surface area contributed by atoms with Gasteiger partial charge in [-0.25, -0.2) is 4.98 Å². The molecule has 2 aromatic rings. The first-order valence-corrected chi connectivity index (χ1v) is 4.90. The first-order chi connectivity index (χ1) is 5.90. The van der Waals surface area contributed by atoms with E-state index in [2.05, 4.69) is 36.5 Å². The van der Waals surface area contributed by atoms with E-state index in [1.807, 2.05) is 6.07 Å². The molecule has 0 atom stereocenters. The van der Waals surface area contributed by atoms with Crippen molar-refractivity contribution in [2.45, 2.75) is 13.3 Å². The first kappa shape index (κ1) is 7.74. The molecular formula is C10H10NS. The highest BCUT2D eigenvalue weighted by Crippen LogP contribution is 2.22. The Bertz CT molecular complexity index is 345. The van der Waals surface area contributed by atoms with Crippen LogP contribution in [0.1, 0.15) is 18.4 Å². The Morgan fingerprint density at radius 1 is 1.42 bits per heavy atom. The molecule has 0 saturated heterocycles. The maximum absolute atomic E-state index is 4.47. The number of aromatic nitrogens is 1. The Kier molecular flexibility index (Phi) is 2.09. The summed E-state index contributed by atoms with van der Waals surface area (Å²) in [5, 5.41) is 1.14. The van der Waals surface area contributed by atoms with Crippen LogP contribution in [0.15, 0.2) is 24.3 Å². The van der Waals surface area contributed by atoms with Crippen LogP contribution >= 0.6 is 11.3 Å². The van der Waals surface area contributed by atoms with Gasteiger partial charge in [-0.3, -0.25) is 0 Å². The number of nitrogens with zero attached hydrogens (tertiary/aromatic N) is 1. The number of para-hydroxylation sites is 1. The van der Waals surface area contributed by atoms with Gasteiger partial charge in [0, 0.05) is 6.42 Å². The van der Waals surface area contributed by atoms with Gasteiger partial charge in [-0.1, -0.05) is 19.1 Å². The molecule has 0 fully saturated rings. The van der Waals surface area contributed by atoms with E-state index >= 15 is 0 Å². The summed E-state index contributed by atoms with van der Waals surface area (Å²) in [6, 6.07) is 8.24. The molecule has 0 aliphatic heterocycles. The lowest BCUT2D eigenvalue weighted by atomic mass is 10.3. The fraction of sp³-hybridized carbons (Fsp3) is 0.200. The van der Waals surface area contributed by atoms with Gasteiger partial charge in [-0.2, -0.15) is 0 Å². The number of thiazole rings is 1. The summed E-state index contributed by atoms with van der Waals surface area (Å²) in [6.45, 7) is 2.13. The zero-order valence-corrected chi connectivity index (χ0v) is 7.77. The molecule has 61 valence electrons. The molecule has 0 spiro atoms. The summed E-state index contributed by atoms with van der Waals surface area (Å²) < 4.78 is 1.28. The van der Waals surface area contributed by atoms with Crippen LogP contribution in [0.4, 0.5) is 0 Å². The van der Waals surface area contributed by atoms with Crippen molar-refractivity contribution in [3.8, 4) is 0 Å². The van der Waals surface area contributed by atoms with E-state index in [1.165, 1.54) is 4.70 Å². The number of hydrogen-bond acceptors (Lipinski definition) is 2. The first-order valence-electron chi connectivity index (χ1n) is 4.09. The van der Waals surface area contributed by atoms with Crippen molar-refractivity contribution in [1.29, 1.82) is 0 Å². The van der Waals surface area contributed by atoms with Crippen LogP contribution in [0.5, 0.6) is 0 Å². The highest BCUT2D eigenvalue weighted by molar-refractivity contribution is 7.18. The minimum Gasteiger partial charge on any atom is -0.241 e. The van der Waals surface area contributed by atoms with E-state index < -0.39 is 0 Å². The summed E-state index contributed by atoms with van der Waals surface area (Å²) in [6.07, 6.45) is 3.21. The molecule has 1 nitrogen and oxygen atoms in total.